The number of piperazine rings is 1. The standard InChI is InChI=1S/C24H30N4O3/c1-30-20-5-6-23-19(13-20)12-18(17-31-23)14-26-15-21(22(29)16-26)27-8-10-28(11-9-27)24-4-2-3-7-25-24/h2-7,12-13,21-22,29H,8-11,14-17H2,1H3/t21-,22-/m1/s1. The highest BCUT2D eigenvalue weighted by atomic mass is 16.5. The van der Waals surface area contributed by atoms with E-state index in [4.69, 9.17) is 9.47 Å². The lowest BCUT2D eigenvalue weighted by molar-refractivity contribution is 0.0790. The van der Waals surface area contributed by atoms with E-state index in [1.807, 2.05) is 36.5 Å². The van der Waals surface area contributed by atoms with Gasteiger partial charge in [0.25, 0.3) is 0 Å². The number of rotatable bonds is 5. The summed E-state index contributed by atoms with van der Waals surface area (Å²) in [6.07, 6.45) is 3.73. The predicted octanol–water partition coefficient (Wildman–Crippen LogP) is 1.73. The molecule has 0 amide bonds. The van der Waals surface area contributed by atoms with Crippen LogP contribution in [0.15, 0.2) is 48.2 Å². The maximum atomic E-state index is 10.8. The molecule has 0 spiro atoms. The van der Waals surface area contributed by atoms with Crippen LogP contribution in [0.5, 0.6) is 11.5 Å². The molecule has 1 N–H and O–H groups in total. The van der Waals surface area contributed by atoms with Crippen LogP contribution < -0.4 is 14.4 Å². The number of aliphatic hydroxyl groups is 1. The number of ether oxygens (including phenoxy) is 2. The maximum absolute atomic E-state index is 10.8. The van der Waals surface area contributed by atoms with Crippen molar-refractivity contribution in [1.82, 2.24) is 14.8 Å². The third-order valence-electron chi connectivity index (χ3n) is 6.51. The van der Waals surface area contributed by atoms with Crippen molar-refractivity contribution in [1.29, 1.82) is 0 Å². The Morgan fingerprint density at radius 1 is 1.13 bits per heavy atom. The molecule has 3 aliphatic rings. The molecule has 31 heavy (non-hydrogen) atoms. The Morgan fingerprint density at radius 2 is 2.00 bits per heavy atom. The van der Waals surface area contributed by atoms with Crippen molar-refractivity contribution in [2.75, 3.05) is 64.4 Å². The first-order chi connectivity index (χ1) is 15.2. The van der Waals surface area contributed by atoms with Gasteiger partial charge >= 0.3 is 0 Å². The van der Waals surface area contributed by atoms with Gasteiger partial charge in [-0.15, -0.1) is 0 Å². The lowest BCUT2D eigenvalue weighted by Gasteiger charge is -2.39. The molecule has 0 radical (unpaired) electrons. The Balaban J connectivity index is 1.18. The molecule has 2 saturated heterocycles. The van der Waals surface area contributed by atoms with Gasteiger partial charge in [0, 0.05) is 63.6 Å². The minimum absolute atomic E-state index is 0.184. The fraction of sp³-hybridized carbons (Fsp3) is 0.458. The molecule has 1 aromatic carbocycles. The molecule has 2 fully saturated rings. The third-order valence-corrected chi connectivity index (χ3v) is 6.51. The molecule has 2 atom stereocenters. The Morgan fingerprint density at radius 3 is 2.77 bits per heavy atom. The zero-order chi connectivity index (χ0) is 21.2. The number of benzene rings is 1. The van der Waals surface area contributed by atoms with E-state index in [1.165, 1.54) is 5.57 Å². The number of anilines is 1. The van der Waals surface area contributed by atoms with Crippen molar-refractivity contribution < 1.29 is 14.6 Å². The van der Waals surface area contributed by atoms with Gasteiger partial charge in [0.1, 0.15) is 23.9 Å². The van der Waals surface area contributed by atoms with Crippen LogP contribution in [0.4, 0.5) is 5.82 Å². The van der Waals surface area contributed by atoms with E-state index >= 15 is 0 Å². The highest BCUT2D eigenvalue weighted by molar-refractivity contribution is 5.64. The van der Waals surface area contributed by atoms with Crippen molar-refractivity contribution in [2.45, 2.75) is 12.1 Å². The number of nitrogens with zero attached hydrogens (tertiary/aromatic N) is 4. The van der Waals surface area contributed by atoms with Crippen LogP contribution in [0.3, 0.4) is 0 Å². The monoisotopic (exact) mass is 422 g/mol. The lowest BCUT2D eigenvalue weighted by Crippen LogP contribution is -2.54. The molecule has 5 rings (SSSR count). The number of hydrogen-bond donors (Lipinski definition) is 1. The first-order valence-electron chi connectivity index (χ1n) is 11.0. The van der Waals surface area contributed by atoms with E-state index in [2.05, 4.69) is 31.8 Å². The molecule has 1 aromatic heterocycles. The van der Waals surface area contributed by atoms with Gasteiger partial charge in [0.2, 0.25) is 0 Å². The Kier molecular flexibility index (Phi) is 5.80. The van der Waals surface area contributed by atoms with E-state index in [9.17, 15) is 5.11 Å². The largest absolute Gasteiger partial charge is 0.497 e. The second kappa shape index (κ2) is 8.86. The second-order valence-corrected chi connectivity index (χ2v) is 8.53. The summed E-state index contributed by atoms with van der Waals surface area (Å²) < 4.78 is 11.3. The third kappa shape index (κ3) is 4.39. The average Bonchev–Trinajstić information content (AvgIpc) is 3.19. The highest BCUT2D eigenvalue weighted by Crippen LogP contribution is 2.30. The second-order valence-electron chi connectivity index (χ2n) is 8.53. The SMILES string of the molecule is COc1ccc2c(c1)C=C(CN1C[C@@H](O)[C@H](N3CCN(c4ccccn4)CC3)C1)CO2. The van der Waals surface area contributed by atoms with E-state index in [0.29, 0.717) is 13.2 Å². The van der Waals surface area contributed by atoms with E-state index in [-0.39, 0.29) is 12.1 Å². The molecule has 164 valence electrons. The number of β-amino-alcohol motifs (C(OH)–C–C–N with tert-alkyl or cyclic N) is 1. The van der Waals surface area contributed by atoms with Crippen LogP contribution in [0.2, 0.25) is 0 Å². The Hall–Kier alpha value is -2.61. The summed E-state index contributed by atoms with van der Waals surface area (Å²) in [5.74, 6) is 2.77. The van der Waals surface area contributed by atoms with Gasteiger partial charge in [-0.1, -0.05) is 6.07 Å². The predicted molar refractivity (Wildman–Crippen MR) is 121 cm³/mol. The Labute approximate surface area is 183 Å². The number of aliphatic hydroxyl groups excluding tert-OH is 1. The van der Waals surface area contributed by atoms with Crippen LogP contribution in [-0.4, -0.2) is 91.6 Å². The fourth-order valence-electron chi connectivity index (χ4n) is 4.87. The molecular weight excluding hydrogens is 392 g/mol. The quantitative estimate of drug-likeness (QED) is 0.788. The van der Waals surface area contributed by atoms with Crippen LogP contribution >= 0.6 is 0 Å². The van der Waals surface area contributed by atoms with Gasteiger partial charge in [-0.3, -0.25) is 9.80 Å². The van der Waals surface area contributed by atoms with Crippen molar-refractivity contribution in [3.05, 3.63) is 53.7 Å². The van der Waals surface area contributed by atoms with Gasteiger partial charge in [-0.2, -0.15) is 0 Å². The van der Waals surface area contributed by atoms with Gasteiger partial charge in [0.05, 0.1) is 13.2 Å². The summed E-state index contributed by atoms with van der Waals surface area (Å²) in [6, 6.07) is 12.1. The average molecular weight is 423 g/mol. The number of hydrogen-bond acceptors (Lipinski definition) is 7. The van der Waals surface area contributed by atoms with Crippen LogP contribution in [-0.2, 0) is 0 Å². The van der Waals surface area contributed by atoms with Gasteiger partial charge in [-0.05, 0) is 42.0 Å². The molecule has 2 aromatic rings. The molecule has 0 saturated carbocycles. The molecule has 3 aliphatic heterocycles. The summed E-state index contributed by atoms with van der Waals surface area (Å²) >= 11 is 0. The van der Waals surface area contributed by atoms with Crippen molar-refractivity contribution >= 4 is 11.9 Å². The van der Waals surface area contributed by atoms with Gasteiger partial charge in [-0.25, -0.2) is 4.98 Å². The number of methoxy groups -OCH3 is 1. The minimum Gasteiger partial charge on any atom is -0.497 e. The number of likely N-dealkylation sites (tertiary alicyclic amines) is 1. The first kappa shape index (κ1) is 20.3. The van der Waals surface area contributed by atoms with E-state index in [0.717, 1.165) is 62.1 Å². The van der Waals surface area contributed by atoms with Crippen molar-refractivity contribution in [3.63, 3.8) is 0 Å². The Bertz CT molecular complexity index is 928. The molecule has 0 unspecified atom stereocenters. The topological polar surface area (TPSA) is 61.3 Å². The minimum atomic E-state index is -0.320. The number of fused-ring (bicyclic) bond motifs is 1. The molecule has 7 heteroatoms. The molecule has 7 nitrogen and oxygen atoms in total. The fourth-order valence-corrected chi connectivity index (χ4v) is 4.87. The maximum Gasteiger partial charge on any atom is 0.128 e. The van der Waals surface area contributed by atoms with Crippen LogP contribution in [0.1, 0.15) is 5.56 Å². The molecule has 0 bridgehead atoms. The zero-order valence-corrected chi connectivity index (χ0v) is 18.0. The van der Waals surface area contributed by atoms with Gasteiger partial charge < -0.3 is 19.5 Å². The van der Waals surface area contributed by atoms with E-state index in [1.54, 1.807) is 7.11 Å². The number of pyridine rings is 1. The van der Waals surface area contributed by atoms with E-state index < -0.39 is 0 Å². The van der Waals surface area contributed by atoms with Crippen molar-refractivity contribution in [3.8, 4) is 11.5 Å². The normalized spacial score (nSPS) is 24.5. The summed E-state index contributed by atoms with van der Waals surface area (Å²) in [7, 11) is 1.68. The summed E-state index contributed by atoms with van der Waals surface area (Å²) in [6.45, 7) is 6.78. The zero-order valence-electron chi connectivity index (χ0n) is 18.0. The summed E-state index contributed by atoms with van der Waals surface area (Å²) in [5.41, 5.74) is 2.29. The molecular formula is C24H30N4O3. The van der Waals surface area contributed by atoms with Crippen LogP contribution in [0.25, 0.3) is 6.08 Å². The number of aromatic nitrogens is 1. The lowest BCUT2D eigenvalue weighted by atomic mass is 10.1. The van der Waals surface area contributed by atoms with Gasteiger partial charge in [0.15, 0.2) is 0 Å². The highest BCUT2D eigenvalue weighted by Gasteiger charge is 2.37. The summed E-state index contributed by atoms with van der Waals surface area (Å²) in [4.78, 5) is 11.6. The molecule has 0 aliphatic carbocycles. The summed E-state index contributed by atoms with van der Waals surface area (Å²) in [5, 5.41) is 10.8. The molecule has 4 heterocycles. The van der Waals surface area contributed by atoms with Crippen molar-refractivity contribution in [2.24, 2.45) is 0 Å². The van der Waals surface area contributed by atoms with Crippen LogP contribution in [0, 0.1) is 0 Å². The first-order valence-corrected chi connectivity index (χ1v) is 11.0. The smallest absolute Gasteiger partial charge is 0.128 e.